The third-order valence-corrected chi connectivity index (χ3v) is 3.36. The summed E-state index contributed by atoms with van der Waals surface area (Å²) in [5.74, 6) is 2.54. The largest absolute Gasteiger partial charge is 0.481 e. The van der Waals surface area contributed by atoms with Gasteiger partial charge in [-0.2, -0.15) is 5.10 Å². The third kappa shape index (κ3) is 3.36. The molecular weight excluding hydrogens is 216 g/mol. The highest BCUT2D eigenvalue weighted by Gasteiger charge is 2.12. The summed E-state index contributed by atoms with van der Waals surface area (Å²) in [6.07, 6.45) is 3.82. The van der Waals surface area contributed by atoms with Crippen LogP contribution < -0.4 is 15.4 Å². The standard InChI is InChI=1S/C12H22N4O/c1-16-12(17-2)9-11(15-16)14-8-5-10-3-6-13-7-4-10/h9-10,13H,3-8H2,1-2H3,(H,14,15). The smallest absolute Gasteiger partial charge is 0.213 e. The van der Waals surface area contributed by atoms with E-state index in [9.17, 15) is 0 Å². The monoisotopic (exact) mass is 238 g/mol. The molecule has 96 valence electrons. The van der Waals surface area contributed by atoms with Crippen LogP contribution in [0.1, 0.15) is 19.3 Å². The van der Waals surface area contributed by atoms with Crippen molar-refractivity contribution in [2.24, 2.45) is 13.0 Å². The van der Waals surface area contributed by atoms with Gasteiger partial charge >= 0.3 is 0 Å². The van der Waals surface area contributed by atoms with Crippen LogP contribution in [0.15, 0.2) is 6.07 Å². The molecule has 0 bridgehead atoms. The first kappa shape index (κ1) is 12.2. The van der Waals surface area contributed by atoms with Gasteiger partial charge in [-0.1, -0.05) is 0 Å². The zero-order valence-corrected chi connectivity index (χ0v) is 10.7. The zero-order chi connectivity index (χ0) is 12.1. The summed E-state index contributed by atoms with van der Waals surface area (Å²) in [5.41, 5.74) is 0. The number of piperidine rings is 1. The molecule has 17 heavy (non-hydrogen) atoms. The van der Waals surface area contributed by atoms with Crippen molar-refractivity contribution in [1.29, 1.82) is 0 Å². The van der Waals surface area contributed by atoms with Gasteiger partial charge in [0.25, 0.3) is 0 Å². The van der Waals surface area contributed by atoms with Gasteiger partial charge in [-0.25, -0.2) is 4.68 Å². The average Bonchev–Trinajstić information content (AvgIpc) is 2.71. The molecule has 0 spiro atoms. The van der Waals surface area contributed by atoms with Crippen LogP contribution in [0.5, 0.6) is 5.88 Å². The molecule has 1 aliphatic heterocycles. The van der Waals surface area contributed by atoms with Gasteiger partial charge in [-0.15, -0.1) is 0 Å². The van der Waals surface area contributed by atoms with Crippen molar-refractivity contribution in [1.82, 2.24) is 15.1 Å². The van der Waals surface area contributed by atoms with Gasteiger partial charge in [0.05, 0.1) is 7.11 Å². The fourth-order valence-electron chi connectivity index (χ4n) is 2.30. The minimum absolute atomic E-state index is 0.786. The van der Waals surface area contributed by atoms with E-state index in [1.54, 1.807) is 11.8 Å². The molecule has 5 nitrogen and oxygen atoms in total. The number of nitrogens with zero attached hydrogens (tertiary/aromatic N) is 2. The lowest BCUT2D eigenvalue weighted by Gasteiger charge is -2.22. The van der Waals surface area contributed by atoms with Gasteiger partial charge in [0.15, 0.2) is 5.82 Å². The van der Waals surface area contributed by atoms with Crippen LogP contribution in [0.2, 0.25) is 0 Å². The number of aromatic nitrogens is 2. The fourth-order valence-corrected chi connectivity index (χ4v) is 2.30. The van der Waals surface area contributed by atoms with E-state index < -0.39 is 0 Å². The Morgan fingerprint density at radius 3 is 2.94 bits per heavy atom. The predicted molar refractivity (Wildman–Crippen MR) is 68.5 cm³/mol. The van der Waals surface area contributed by atoms with E-state index in [0.29, 0.717) is 0 Å². The van der Waals surface area contributed by atoms with Crippen molar-refractivity contribution >= 4 is 5.82 Å². The Hall–Kier alpha value is -1.23. The number of ether oxygens (including phenoxy) is 1. The van der Waals surface area contributed by atoms with Crippen molar-refractivity contribution in [2.75, 3.05) is 32.1 Å². The molecule has 2 rings (SSSR count). The average molecular weight is 238 g/mol. The molecule has 0 atom stereocenters. The van der Waals surface area contributed by atoms with E-state index >= 15 is 0 Å². The number of aryl methyl sites for hydroxylation is 1. The Morgan fingerprint density at radius 1 is 1.53 bits per heavy atom. The Labute approximate surface area is 103 Å². The number of hydrogen-bond donors (Lipinski definition) is 2. The number of rotatable bonds is 5. The topological polar surface area (TPSA) is 51.1 Å². The van der Waals surface area contributed by atoms with Crippen LogP contribution in [0.4, 0.5) is 5.82 Å². The predicted octanol–water partition coefficient (Wildman–Crippen LogP) is 1.23. The molecule has 0 amide bonds. The Kier molecular flexibility index (Phi) is 4.25. The van der Waals surface area contributed by atoms with Gasteiger partial charge in [-0.05, 0) is 38.3 Å². The van der Waals surface area contributed by atoms with E-state index in [-0.39, 0.29) is 0 Å². The van der Waals surface area contributed by atoms with Crippen molar-refractivity contribution in [2.45, 2.75) is 19.3 Å². The van der Waals surface area contributed by atoms with Crippen LogP contribution in [0, 0.1) is 5.92 Å². The number of anilines is 1. The van der Waals surface area contributed by atoms with Crippen molar-refractivity contribution < 1.29 is 4.74 Å². The molecule has 1 aliphatic rings. The molecule has 1 saturated heterocycles. The van der Waals surface area contributed by atoms with Crippen molar-refractivity contribution in [3.8, 4) is 5.88 Å². The maximum atomic E-state index is 5.17. The van der Waals surface area contributed by atoms with Crippen LogP contribution in [-0.2, 0) is 7.05 Å². The van der Waals surface area contributed by atoms with Crippen molar-refractivity contribution in [3.63, 3.8) is 0 Å². The summed E-state index contributed by atoms with van der Waals surface area (Å²) >= 11 is 0. The maximum absolute atomic E-state index is 5.17. The minimum Gasteiger partial charge on any atom is -0.481 e. The van der Waals surface area contributed by atoms with E-state index in [2.05, 4.69) is 15.7 Å². The van der Waals surface area contributed by atoms with Gasteiger partial charge in [-0.3, -0.25) is 0 Å². The molecular formula is C12H22N4O. The van der Waals surface area contributed by atoms with Gasteiger partial charge in [0, 0.05) is 19.7 Å². The minimum atomic E-state index is 0.786. The lowest BCUT2D eigenvalue weighted by atomic mass is 9.95. The molecule has 0 radical (unpaired) electrons. The number of nitrogens with one attached hydrogen (secondary N) is 2. The first-order chi connectivity index (χ1) is 8.29. The molecule has 2 heterocycles. The van der Waals surface area contributed by atoms with Crippen LogP contribution in [0.3, 0.4) is 0 Å². The first-order valence-corrected chi connectivity index (χ1v) is 6.32. The quantitative estimate of drug-likeness (QED) is 0.810. The molecule has 1 aromatic rings. The summed E-state index contributed by atoms with van der Waals surface area (Å²) in [6, 6.07) is 1.93. The Balaban J connectivity index is 1.73. The third-order valence-electron chi connectivity index (χ3n) is 3.36. The molecule has 0 unspecified atom stereocenters. The molecule has 5 heteroatoms. The lowest BCUT2D eigenvalue weighted by molar-refractivity contribution is 0.361. The highest BCUT2D eigenvalue weighted by atomic mass is 16.5. The second-order valence-corrected chi connectivity index (χ2v) is 4.60. The second kappa shape index (κ2) is 5.91. The van der Waals surface area contributed by atoms with Gasteiger partial charge < -0.3 is 15.4 Å². The first-order valence-electron chi connectivity index (χ1n) is 6.32. The molecule has 2 N–H and O–H groups in total. The van der Waals surface area contributed by atoms with Crippen LogP contribution in [-0.4, -0.2) is 36.5 Å². The normalized spacial score (nSPS) is 17.1. The SMILES string of the molecule is COc1cc(NCCC2CCNCC2)nn1C. The fraction of sp³-hybridized carbons (Fsp3) is 0.750. The van der Waals surface area contributed by atoms with E-state index in [4.69, 9.17) is 4.74 Å². The summed E-state index contributed by atoms with van der Waals surface area (Å²) in [5, 5.41) is 11.1. The van der Waals surface area contributed by atoms with E-state index in [0.717, 1.165) is 24.2 Å². The van der Waals surface area contributed by atoms with Crippen molar-refractivity contribution in [3.05, 3.63) is 6.07 Å². The van der Waals surface area contributed by atoms with E-state index in [1.807, 2.05) is 13.1 Å². The molecule has 0 aromatic carbocycles. The molecule has 1 aromatic heterocycles. The van der Waals surface area contributed by atoms with Gasteiger partial charge in [0.1, 0.15) is 0 Å². The molecule has 1 fully saturated rings. The van der Waals surface area contributed by atoms with Gasteiger partial charge in [0.2, 0.25) is 5.88 Å². The Morgan fingerprint density at radius 2 is 2.29 bits per heavy atom. The van der Waals surface area contributed by atoms with Crippen LogP contribution in [0.25, 0.3) is 0 Å². The Bertz CT molecular complexity index is 344. The summed E-state index contributed by atoms with van der Waals surface area (Å²) < 4.78 is 6.92. The maximum Gasteiger partial charge on any atom is 0.213 e. The highest BCUT2D eigenvalue weighted by molar-refractivity contribution is 5.38. The zero-order valence-electron chi connectivity index (χ0n) is 10.7. The number of hydrogen-bond acceptors (Lipinski definition) is 4. The second-order valence-electron chi connectivity index (χ2n) is 4.60. The summed E-state index contributed by atoms with van der Waals surface area (Å²) in [7, 11) is 3.55. The highest BCUT2D eigenvalue weighted by Crippen LogP contribution is 2.18. The lowest BCUT2D eigenvalue weighted by Crippen LogP contribution is -2.28. The van der Waals surface area contributed by atoms with E-state index in [1.165, 1.54) is 32.4 Å². The number of methoxy groups -OCH3 is 1. The van der Waals surface area contributed by atoms with Crippen LogP contribution >= 0.6 is 0 Å². The summed E-state index contributed by atoms with van der Waals surface area (Å²) in [6.45, 7) is 3.33. The molecule has 0 aliphatic carbocycles. The molecule has 0 saturated carbocycles. The summed E-state index contributed by atoms with van der Waals surface area (Å²) in [4.78, 5) is 0.